The number of anilines is 1. The zero-order valence-corrected chi connectivity index (χ0v) is 13.9. The molecule has 0 atom stereocenters. The summed E-state index contributed by atoms with van der Waals surface area (Å²) in [5, 5.41) is 11.0. The van der Waals surface area contributed by atoms with E-state index in [2.05, 4.69) is 25.7 Å². The van der Waals surface area contributed by atoms with Gasteiger partial charge >= 0.3 is 0 Å². The van der Waals surface area contributed by atoms with E-state index in [9.17, 15) is 8.78 Å². The average molecular weight is 365 g/mol. The summed E-state index contributed by atoms with van der Waals surface area (Å²) in [6, 6.07) is 3.82. The average Bonchev–Trinajstić information content (AvgIpc) is 2.97. The Morgan fingerprint density at radius 2 is 1.92 bits per heavy atom. The predicted molar refractivity (Wildman–Crippen MR) is 90.7 cm³/mol. The molecule has 3 heterocycles. The van der Waals surface area contributed by atoms with E-state index in [4.69, 9.17) is 11.6 Å². The Kier molecular flexibility index (Phi) is 4.22. The minimum Gasteiger partial charge on any atom is -0.364 e. The number of aromatic nitrogens is 4. The maximum atomic E-state index is 14.1. The van der Waals surface area contributed by atoms with E-state index >= 15 is 0 Å². The maximum absolute atomic E-state index is 14.1. The van der Waals surface area contributed by atoms with Crippen LogP contribution in [-0.2, 0) is 0 Å². The first-order valence-corrected chi connectivity index (χ1v) is 8.34. The molecule has 0 spiro atoms. The van der Waals surface area contributed by atoms with Gasteiger partial charge in [-0.3, -0.25) is 0 Å². The first-order valence-electron chi connectivity index (χ1n) is 7.96. The predicted octanol–water partition coefficient (Wildman–Crippen LogP) is 2.89. The molecule has 0 bridgehead atoms. The van der Waals surface area contributed by atoms with E-state index in [1.807, 2.05) is 0 Å². The molecule has 1 aliphatic rings. The van der Waals surface area contributed by atoms with Crippen LogP contribution in [0.2, 0.25) is 5.15 Å². The molecule has 1 aliphatic heterocycles. The number of piperidine rings is 1. The van der Waals surface area contributed by atoms with Gasteiger partial charge in [0.25, 0.3) is 0 Å². The molecule has 1 saturated heterocycles. The van der Waals surface area contributed by atoms with Gasteiger partial charge in [0.2, 0.25) is 0 Å². The first kappa shape index (κ1) is 16.2. The monoisotopic (exact) mass is 364 g/mol. The third-order valence-corrected chi connectivity index (χ3v) is 4.44. The Bertz CT molecular complexity index is 902. The summed E-state index contributed by atoms with van der Waals surface area (Å²) in [4.78, 5) is 8.54. The molecule has 0 radical (unpaired) electrons. The third kappa shape index (κ3) is 3.03. The summed E-state index contributed by atoms with van der Waals surface area (Å²) in [6.07, 6.45) is 3.25. The molecule has 0 aliphatic carbocycles. The summed E-state index contributed by atoms with van der Waals surface area (Å²) in [5.74, 6) is -1.14. The number of hydrogen-bond acceptors (Lipinski definition) is 5. The molecule has 0 unspecified atom stereocenters. The second-order valence-electron chi connectivity index (χ2n) is 5.87. The summed E-state index contributed by atoms with van der Waals surface area (Å²) in [6.45, 7) is 1.78. The molecule has 3 aromatic rings. The first-order chi connectivity index (χ1) is 12.1. The molecule has 1 fully saturated rings. The van der Waals surface area contributed by atoms with E-state index in [-0.39, 0.29) is 22.6 Å². The van der Waals surface area contributed by atoms with Crippen LogP contribution in [-0.4, -0.2) is 38.7 Å². The van der Waals surface area contributed by atoms with Crippen molar-refractivity contribution >= 4 is 23.1 Å². The largest absolute Gasteiger partial charge is 0.364 e. The highest BCUT2D eigenvalue weighted by Crippen LogP contribution is 2.27. The van der Waals surface area contributed by atoms with E-state index in [1.54, 1.807) is 0 Å². The zero-order valence-electron chi connectivity index (χ0n) is 13.1. The van der Waals surface area contributed by atoms with Crippen molar-refractivity contribution in [3.05, 3.63) is 41.2 Å². The van der Waals surface area contributed by atoms with Gasteiger partial charge < -0.3 is 10.6 Å². The number of nitrogens with zero attached hydrogens (tertiary/aromatic N) is 4. The van der Waals surface area contributed by atoms with Crippen LogP contribution in [0, 0.1) is 11.6 Å². The number of halogens is 3. The van der Waals surface area contributed by atoms with Crippen molar-refractivity contribution in [1.29, 1.82) is 0 Å². The summed E-state index contributed by atoms with van der Waals surface area (Å²) < 4.78 is 29.6. The topological polar surface area (TPSA) is 67.1 Å². The molecule has 6 nitrogen and oxygen atoms in total. The van der Waals surface area contributed by atoms with Crippen LogP contribution < -0.4 is 10.6 Å². The fraction of sp³-hybridized carbons (Fsp3) is 0.312. The molecule has 130 valence electrons. The van der Waals surface area contributed by atoms with Gasteiger partial charge in [-0.05, 0) is 38.1 Å². The molecule has 2 aromatic heterocycles. The van der Waals surface area contributed by atoms with E-state index < -0.39 is 11.6 Å². The zero-order chi connectivity index (χ0) is 17.4. The van der Waals surface area contributed by atoms with Gasteiger partial charge in [-0.25, -0.2) is 18.7 Å². The SMILES string of the molecule is Fc1cccc(F)c1-c1nc(NC2CCNCC2)c2ncc(Cl)n2n1. The number of hydrogen-bond donors (Lipinski definition) is 2. The fourth-order valence-electron chi connectivity index (χ4n) is 2.93. The van der Waals surface area contributed by atoms with Gasteiger partial charge in [-0.2, -0.15) is 4.52 Å². The lowest BCUT2D eigenvalue weighted by molar-refractivity contribution is 0.478. The Hall–Kier alpha value is -2.32. The van der Waals surface area contributed by atoms with Gasteiger partial charge in [0.05, 0.1) is 11.8 Å². The van der Waals surface area contributed by atoms with Crippen LogP contribution in [0.1, 0.15) is 12.8 Å². The Morgan fingerprint density at radius 1 is 1.20 bits per heavy atom. The number of benzene rings is 1. The van der Waals surface area contributed by atoms with Gasteiger partial charge in [0.15, 0.2) is 22.4 Å². The quantitative estimate of drug-likeness (QED) is 0.748. The minimum atomic E-state index is -0.733. The van der Waals surface area contributed by atoms with Crippen LogP contribution >= 0.6 is 11.6 Å². The van der Waals surface area contributed by atoms with Gasteiger partial charge in [0, 0.05) is 6.04 Å². The second-order valence-corrected chi connectivity index (χ2v) is 6.25. The van der Waals surface area contributed by atoms with Crippen molar-refractivity contribution in [3.8, 4) is 11.4 Å². The Morgan fingerprint density at radius 3 is 2.64 bits per heavy atom. The lowest BCUT2D eigenvalue weighted by Crippen LogP contribution is -2.35. The van der Waals surface area contributed by atoms with E-state index in [0.717, 1.165) is 25.9 Å². The van der Waals surface area contributed by atoms with Crippen molar-refractivity contribution in [3.63, 3.8) is 0 Å². The molecule has 4 rings (SSSR count). The van der Waals surface area contributed by atoms with Crippen LogP contribution in [0.3, 0.4) is 0 Å². The Balaban J connectivity index is 1.84. The van der Waals surface area contributed by atoms with Crippen LogP contribution in [0.5, 0.6) is 0 Å². The third-order valence-electron chi connectivity index (χ3n) is 4.19. The number of imidazole rings is 1. The molecule has 9 heteroatoms. The highest BCUT2D eigenvalue weighted by atomic mass is 35.5. The van der Waals surface area contributed by atoms with Gasteiger partial charge in [-0.1, -0.05) is 17.7 Å². The standard InChI is InChI=1S/C16H15ClF2N6/c17-12-8-21-16-15(22-9-4-6-20-7-5-9)23-14(24-25(12)16)13-10(18)2-1-3-11(13)19/h1-3,8-9,20H,4-7H2,(H,22,23,24). The normalized spacial score (nSPS) is 15.6. The fourth-order valence-corrected chi connectivity index (χ4v) is 3.09. The maximum Gasteiger partial charge on any atom is 0.198 e. The minimum absolute atomic E-state index is 0.0839. The lowest BCUT2D eigenvalue weighted by Gasteiger charge is -2.24. The number of nitrogens with one attached hydrogen (secondary N) is 2. The van der Waals surface area contributed by atoms with Crippen LogP contribution in [0.4, 0.5) is 14.6 Å². The van der Waals surface area contributed by atoms with E-state index in [0.29, 0.717) is 11.5 Å². The number of rotatable bonds is 3. The second kappa shape index (κ2) is 6.53. The van der Waals surface area contributed by atoms with Crippen molar-refractivity contribution < 1.29 is 8.78 Å². The lowest BCUT2D eigenvalue weighted by atomic mass is 10.1. The van der Waals surface area contributed by atoms with Gasteiger partial charge in [0.1, 0.15) is 11.6 Å². The van der Waals surface area contributed by atoms with Crippen LogP contribution in [0.15, 0.2) is 24.4 Å². The summed E-state index contributed by atoms with van der Waals surface area (Å²) in [7, 11) is 0. The molecular weight excluding hydrogens is 350 g/mol. The van der Waals surface area contributed by atoms with Crippen molar-refractivity contribution in [1.82, 2.24) is 24.9 Å². The Labute approximate surface area is 147 Å². The number of fused-ring (bicyclic) bond motifs is 1. The van der Waals surface area contributed by atoms with Crippen molar-refractivity contribution in [2.45, 2.75) is 18.9 Å². The van der Waals surface area contributed by atoms with Gasteiger partial charge in [-0.15, -0.1) is 5.10 Å². The van der Waals surface area contributed by atoms with Crippen LogP contribution in [0.25, 0.3) is 17.0 Å². The highest BCUT2D eigenvalue weighted by molar-refractivity contribution is 6.29. The summed E-state index contributed by atoms with van der Waals surface area (Å²) in [5.41, 5.74) is 0.131. The molecular formula is C16H15ClF2N6. The smallest absolute Gasteiger partial charge is 0.198 e. The molecule has 2 N–H and O–H groups in total. The molecule has 0 saturated carbocycles. The van der Waals surface area contributed by atoms with Crippen molar-refractivity contribution in [2.75, 3.05) is 18.4 Å². The summed E-state index contributed by atoms with van der Waals surface area (Å²) >= 11 is 6.11. The molecule has 0 amide bonds. The molecule has 1 aromatic carbocycles. The van der Waals surface area contributed by atoms with Crippen molar-refractivity contribution in [2.24, 2.45) is 0 Å². The van der Waals surface area contributed by atoms with E-state index in [1.165, 1.54) is 28.9 Å². The molecule has 25 heavy (non-hydrogen) atoms. The highest BCUT2D eigenvalue weighted by Gasteiger charge is 2.21.